The number of benzene rings is 1. The first-order valence-electron chi connectivity index (χ1n) is 8.56. The number of amides is 2. The molecule has 6 heteroatoms. The normalized spacial score (nSPS) is 22.0. The van der Waals surface area contributed by atoms with Crippen molar-refractivity contribution in [3.8, 4) is 0 Å². The highest BCUT2D eigenvalue weighted by atomic mass is 35.5. The van der Waals surface area contributed by atoms with Gasteiger partial charge in [0.15, 0.2) is 0 Å². The maximum Gasteiger partial charge on any atom is 0.245 e. The van der Waals surface area contributed by atoms with Gasteiger partial charge in [-0.2, -0.15) is 0 Å². The number of nitrogens with zero attached hydrogens (tertiary/aromatic N) is 3. The van der Waals surface area contributed by atoms with Gasteiger partial charge >= 0.3 is 0 Å². The van der Waals surface area contributed by atoms with Gasteiger partial charge in [-0.1, -0.05) is 23.7 Å². The number of likely N-dealkylation sites (tertiary alicyclic amines) is 1. The lowest BCUT2D eigenvalue weighted by Gasteiger charge is -2.35. The van der Waals surface area contributed by atoms with Gasteiger partial charge in [-0.15, -0.1) is 0 Å². The molecule has 3 rings (SSSR count). The molecule has 0 aliphatic carbocycles. The van der Waals surface area contributed by atoms with Crippen LogP contribution in [0.15, 0.2) is 24.3 Å². The van der Waals surface area contributed by atoms with Crippen molar-refractivity contribution in [2.24, 2.45) is 0 Å². The van der Waals surface area contributed by atoms with Crippen LogP contribution in [0.1, 0.15) is 18.4 Å². The minimum Gasteiger partial charge on any atom is -0.338 e. The van der Waals surface area contributed by atoms with Crippen molar-refractivity contribution in [2.75, 3.05) is 39.8 Å². The van der Waals surface area contributed by atoms with Crippen LogP contribution in [-0.2, 0) is 16.0 Å². The van der Waals surface area contributed by atoms with E-state index in [1.54, 1.807) is 17.0 Å². The van der Waals surface area contributed by atoms with Crippen LogP contribution in [0.25, 0.3) is 0 Å². The van der Waals surface area contributed by atoms with E-state index < -0.39 is 0 Å². The van der Waals surface area contributed by atoms with Gasteiger partial charge in [0.05, 0.1) is 6.42 Å². The summed E-state index contributed by atoms with van der Waals surface area (Å²) in [7, 11) is 2.07. The molecule has 24 heavy (non-hydrogen) atoms. The molecule has 0 radical (unpaired) electrons. The van der Waals surface area contributed by atoms with Crippen LogP contribution < -0.4 is 0 Å². The van der Waals surface area contributed by atoms with Crippen molar-refractivity contribution in [1.29, 1.82) is 0 Å². The molecular formula is C18H24ClN3O2. The maximum atomic E-state index is 12.8. The van der Waals surface area contributed by atoms with Gasteiger partial charge in [0.25, 0.3) is 0 Å². The third-order valence-electron chi connectivity index (χ3n) is 4.94. The fourth-order valence-corrected chi connectivity index (χ4v) is 3.56. The molecule has 2 aliphatic heterocycles. The maximum absolute atomic E-state index is 12.8. The number of hydrogen-bond acceptors (Lipinski definition) is 3. The third-order valence-corrected chi connectivity index (χ3v) is 5.19. The van der Waals surface area contributed by atoms with Crippen LogP contribution in [0.3, 0.4) is 0 Å². The molecule has 1 aromatic carbocycles. The van der Waals surface area contributed by atoms with Crippen LogP contribution in [0.5, 0.6) is 0 Å². The minimum atomic E-state index is -0.284. The summed E-state index contributed by atoms with van der Waals surface area (Å²) in [5.74, 6) is 0.146. The highest BCUT2D eigenvalue weighted by Crippen LogP contribution is 2.22. The minimum absolute atomic E-state index is 0.0299. The zero-order valence-electron chi connectivity index (χ0n) is 14.1. The summed E-state index contributed by atoms with van der Waals surface area (Å²) in [5.41, 5.74) is 0.932. The van der Waals surface area contributed by atoms with Crippen LogP contribution in [0.2, 0.25) is 5.02 Å². The molecule has 0 N–H and O–H groups in total. The van der Waals surface area contributed by atoms with Gasteiger partial charge < -0.3 is 14.7 Å². The van der Waals surface area contributed by atoms with E-state index in [9.17, 15) is 9.59 Å². The van der Waals surface area contributed by atoms with Crippen molar-refractivity contribution < 1.29 is 9.59 Å². The van der Waals surface area contributed by atoms with E-state index >= 15 is 0 Å². The highest BCUT2D eigenvalue weighted by molar-refractivity contribution is 6.30. The summed E-state index contributed by atoms with van der Waals surface area (Å²) >= 11 is 5.89. The molecular weight excluding hydrogens is 326 g/mol. The molecule has 2 fully saturated rings. The van der Waals surface area contributed by atoms with Crippen LogP contribution in [0, 0.1) is 0 Å². The number of hydrogen-bond donors (Lipinski definition) is 0. The molecule has 5 nitrogen and oxygen atoms in total. The zero-order chi connectivity index (χ0) is 17.1. The predicted molar refractivity (Wildman–Crippen MR) is 94.0 cm³/mol. The monoisotopic (exact) mass is 349 g/mol. The Morgan fingerprint density at radius 3 is 2.42 bits per heavy atom. The van der Waals surface area contributed by atoms with Gasteiger partial charge in [0.1, 0.15) is 6.04 Å². The first kappa shape index (κ1) is 17.2. The Bertz CT molecular complexity index is 597. The average Bonchev–Trinajstić information content (AvgIpc) is 3.07. The standard InChI is InChI=1S/C18H24ClN3O2/c1-20-9-11-21(12-10-20)18(24)16-3-2-8-22(16)17(23)13-14-4-6-15(19)7-5-14/h4-7,16H,2-3,8-13H2,1H3/t16-/m0/s1. The first-order valence-corrected chi connectivity index (χ1v) is 8.93. The number of carbonyl (C=O) groups excluding carboxylic acids is 2. The molecule has 0 saturated carbocycles. The predicted octanol–water partition coefficient (Wildman–Crippen LogP) is 1.65. The molecule has 1 atom stereocenters. The molecule has 2 heterocycles. The molecule has 0 bridgehead atoms. The topological polar surface area (TPSA) is 43.9 Å². The number of likely N-dealkylation sites (N-methyl/N-ethyl adjacent to an activating group) is 1. The van der Waals surface area contributed by atoms with E-state index in [0.29, 0.717) is 18.0 Å². The van der Waals surface area contributed by atoms with Crippen LogP contribution in [-0.4, -0.2) is 72.3 Å². The van der Waals surface area contributed by atoms with E-state index in [2.05, 4.69) is 11.9 Å². The van der Waals surface area contributed by atoms with E-state index in [0.717, 1.165) is 44.6 Å². The zero-order valence-corrected chi connectivity index (χ0v) is 14.8. The molecule has 130 valence electrons. The second-order valence-corrected chi connectivity index (χ2v) is 7.11. The van der Waals surface area contributed by atoms with Gasteiger partial charge in [0, 0.05) is 37.7 Å². The van der Waals surface area contributed by atoms with E-state index in [-0.39, 0.29) is 17.9 Å². The summed E-state index contributed by atoms with van der Waals surface area (Å²) < 4.78 is 0. The van der Waals surface area contributed by atoms with Crippen molar-refractivity contribution in [3.05, 3.63) is 34.9 Å². The lowest BCUT2D eigenvalue weighted by atomic mass is 10.1. The number of halogens is 1. The van der Waals surface area contributed by atoms with Crippen molar-refractivity contribution in [2.45, 2.75) is 25.3 Å². The second-order valence-electron chi connectivity index (χ2n) is 6.68. The molecule has 2 amide bonds. The largest absolute Gasteiger partial charge is 0.338 e. The molecule has 2 aliphatic rings. The quantitative estimate of drug-likeness (QED) is 0.833. The van der Waals surface area contributed by atoms with Crippen molar-refractivity contribution in [1.82, 2.24) is 14.7 Å². The molecule has 2 saturated heterocycles. The number of rotatable bonds is 3. The van der Waals surface area contributed by atoms with E-state index in [4.69, 9.17) is 11.6 Å². The molecule has 0 spiro atoms. The molecule has 0 aromatic heterocycles. The summed E-state index contributed by atoms with van der Waals surface area (Å²) in [4.78, 5) is 31.4. The SMILES string of the molecule is CN1CCN(C(=O)[C@@H]2CCCN2C(=O)Cc2ccc(Cl)cc2)CC1. The van der Waals surface area contributed by atoms with Crippen LogP contribution in [0.4, 0.5) is 0 Å². The Morgan fingerprint density at radius 2 is 1.75 bits per heavy atom. The highest BCUT2D eigenvalue weighted by Gasteiger charge is 2.36. The van der Waals surface area contributed by atoms with Gasteiger partial charge in [-0.25, -0.2) is 0 Å². The average molecular weight is 350 g/mol. The Labute approximate surface area is 148 Å². The summed E-state index contributed by atoms with van der Waals surface area (Å²) in [6, 6.07) is 7.04. The molecule has 0 unspecified atom stereocenters. The summed E-state index contributed by atoms with van der Waals surface area (Å²) in [6.45, 7) is 3.99. The summed E-state index contributed by atoms with van der Waals surface area (Å²) in [5, 5.41) is 0.662. The fraction of sp³-hybridized carbons (Fsp3) is 0.556. The van der Waals surface area contributed by atoms with Gasteiger partial charge in [-0.3, -0.25) is 9.59 Å². The fourth-order valence-electron chi connectivity index (χ4n) is 3.44. The Hall–Kier alpha value is -1.59. The lowest BCUT2D eigenvalue weighted by molar-refractivity contribution is -0.144. The first-order chi connectivity index (χ1) is 11.5. The van der Waals surface area contributed by atoms with Crippen LogP contribution >= 0.6 is 11.6 Å². The second kappa shape index (κ2) is 7.53. The summed E-state index contributed by atoms with van der Waals surface area (Å²) in [6.07, 6.45) is 2.00. The van der Waals surface area contributed by atoms with Gasteiger partial charge in [-0.05, 0) is 37.6 Å². The lowest BCUT2D eigenvalue weighted by Crippen LogP contribution is -2.53. The van der Waals surface area contributed by atoms with Crippen molar-refractivity contribution in [3.63, 3.8) is 0 Å². The smallest absolute Gasteiger partial charge is 0.245 e. The van der Waals surface area contributed by atoms with E-state index in [1.165, 1.54) is 0 Å². The third kappa shape index (κ3) is 3.90. The number of piperazine rings is 1. The van der Waals surface area contributed by atoms with E-state index in [1.807, 2.05) is 17.0 Å². The van der Waals surface area contributed by atoms with Crippen molar-refractivity contribution >= 4 is 23.4 Å². The van der Waals surface area contributed by atoms with Gasteiger partial charge in [0.2, 0.25) is 11.8 Å². The number of carbonyl (C=O) groups is 2. The Balaban J connectivity index is 1.62. The molecule has 1 aromatic rings. The Kier molecular flexibility index (Phi) is 5.41. The Morgan fingerprint density at radius 1 is 1.08 bits per heavy atom.